The summed E-state index contributed by atoms with van der Waals surface area (Å²) in [6.07, 6.45) is 1.21. The number of nitrogens with zero attached hydrogens (tertiary/aromatic N) is 1. The molecule has 1 aliphatic heterocycles. The van der Waals surface area contributed by atoms with Crippen molar-refractivity contribution >= 4 is 5.91 Å². The first kappa shape index (κ1) is 17.6. The topological polar surface area (TPSA) is 52.6 Å². The number of β-amino-alcohol motifs (C(OH)–C–C–N with tert-alkyl or cyclic N) is 1. The van der Waals surface area contributed by atoms with Gasteiger partial charge in [-0.3, -0.25) is 4.79 Å². The van der Waals surface area contributed by atoms with Crippen LogP contribution in [-0.4, -0.2) is 35.5 Å². The predicted molar refractivity (Wildman–Crippen MR) is 99.0 cm³/mol. The fourth-order valence-corrected chi connectivity index (χ4v) is 3.72. The number of piperidine rings is 1. The number of hydrogen-bond donors (Lipinski definition) is 2. The van der Waals surface area contributed by atoms with Crippen molar-refractivity contribution in [2.45, 2.75) is 31.4 Å². The number of nitrogens with one attached hydrogen (secondary N) is 1. The first-order chi connectivity index (χ1) is 12.1. The summed E-state index contributed by atoms with van der Waals surface area (Å²) in [7, 11) is 0. The number of carbonyl (C=O) groups is 1. The highest BCUT2D eigenvalue weighted by Gasteiger charge is 2.37. The van der Waals surface area contributed by atoms with Gasteiger partial charge in [-0.25, -0.2) is 0 Å². The van der Waals surface area contributed by atoms with Gasteiger partial charge in [0.05, 0.1) is 11.6 Å². The van der Waals surface area contributed by atoms with Crippen LogP contribution in [0.2, 0.25) is 0 Å². The second-order valence-corrected chi connectivity index (χ2v) is 6.86. The van der Waals surface area contributed by atoms with E-state index in [9.17, 15) is 9.90 Å². The highest BCUT2D eigenvalue weighted by molar-refractivity contribution is 5.74. The number of carbonyl (C=O) groups excluding carboxylic acids is 1. The Morgan fingerprint density at radius 2 is 1.64 bits per heavy atom. The molecule has 132 valence electrons. The van der Waals surface area contributed by atoms with Crippen LogP contribution in [0, 0.1) is 0 Å². The fourth-order valence-electron chi connectivity index (χ4n) is 3.72. The number of hydrogen-bond acceptors (Lipinski definition) is 3. The molecule has 1 amide bonds. The normalized spacial score (nSPS) is 18.5. The molecule has 1 heterocycles. The molecule has 0 aromatic heterocycles. The number of benzene rings is 2. The van der Waals surface area contributed by atoms with Crippen molar-refractivity contribution in [3.63, 3.8) is 0 Å². The average Bonchev–Trinajstić information content (AvgIpc) is 2.64. The standard InChI is InChI=1S/C21H26N2O2/c1-17(24)22-21(19-10-6-3-7-11-19)12-14-23(15-13-21)16-20(25)18-8-4-2-5-9-18/h2-11,20,25H,12-16H2,1H3,(H,22,24)/t20-/m1/s1. The number of amides is 1. The van der Waals surface area contributed by atoms with E-state index >= 15 is 0 Å². The summed E-state index contributed by atoms with van der Waals surface area (Å²) in [5, 5.41) is 13.6. The third-order valence-electron chi connectivity index (χ3n) is 5.07. The van der Waals surface area contributed by atoms with Crippen molar-refractivity contribution < 1.29 is 9.90 Å². The zero-order valence-corrected chi connectivity index (χ0v) is 14.7. The summed E-state index contributed by atoms with van der Waals surface area (Å²) in [6.45, 7) is 3.89. The van der Waals surface area contributed by atoms with Gasteiger partial charge in [-0.2, -0.15) is 0 Å². The number of aliphatic hydroxyl groups excluding tert-OH is 1. The Morgan fingerprint density at radius 3 is 2.20 bits per heavy atom. The SMILES string of the molecule is CC(=O)NC1(c2ccccc2)CCN(C[C@@H](O)c2ccccc2)CC1. The molecule has 1 atom stereocenters. The average molecular weight is 338 g/mol. The molecule has 0 saturated carbocycles. The molecule has 3 rings (SSSR count). The van der Waals surface area contributed by atoms with E-state index < -0.39 is 6.10 Å². The van der Waals surface area contributed by atoms with E-state index in [0.29, 0.717) is 6.54 Å². The van der Waals surface area contributed by atoms with Crippen molar-refractivity contribution in [2.75, 3.05) is 19.6 Å². The maximum Gasteiger partial charge on any atom is 0.217 e. The minimum absolute atomic E-state index is 0.00150. The van der Waals surface area contributed by atoms with Gasteiger partial charge in [0.15, 0.2) is 0 Å². The maximum atomic E-state index is 11.8. The lowest BCUT2D eigenvalue weighted by Gasteiger charge is -2.43. The predicted octanol–water partition coefficient (Wildman–Crippen LogP) is 2.85. The van der Waals surface area contributed by atoms with E-state index in [-0.39, 0.29) is 11.4 Å². The molecule has 2 aromatic rings. The smallest absolute Gasteiger partial charge is 0.217 e. The van der Waals surface area contributed by atoms with E-state index in [1.165, 1.54) is 0 Å². The van der Waals surface area contributed by atoms with Gasteiger partial charge in [0.25, 0.3) is 0 Å². The molecule has 25 heavy (non-hydrogen) atoms. The van der Waals surface area contributed by atoms with Crippen LogP contribution in [0.3, 0.4) is 0 Å². The lowest BCUT2D eigenvalue weighted by molar-refractivity contribution is -0.121. The van der Waals surface area contributed by atoms with Crippen LogP contribution in [0.4, 0.5) is 0 Å². The molecule has 2 N–H and O–H groups in total. The van der Waals surface area contributed by atoms with Crippen molar-refractivity contribution in [3.05, 3.63) is 71.8 Å². The van der Waals surface area contributed by atoms with E-state index in [4.69, 9.17) is 0 Å². The second kappa shape index (κ2) is 7.81. The molecular weight excluding hydrogens is 312 g/mol. The summed E-state index contributed by atoms with van der Waals surface area (Å²) in [4.78, 5) is 14.0. The minimum atomic E-state index is -0.480. The lowest BCUT2D eigenvalue weighted by atomic mass is 9.80. The molecule has 0 unspecified atom stereocenters. The van der Waals surface area contributed by atoms with Crippen LogP contribution < -0.4 is 5.32 Å². The minimum Gasteiger partial charge on any atom is -0.387 e. The third kappa shape index (κ3) is 4.27. The molecule has 4 heteroatoms. The zero-order valence-electron chi connectivity index (χ0n) is 14.7. The van der Waals surface area contributed by atoms with Gasteiger partial charge in [-0.05, 0) is 24.0 Å². The first-order valence-electron chi connectivity index (χ1n) is 8.89. The summed E-state index contributed by atoms with van der Waals surface area (Å²) in [5.74, 6) is 0.00150. The van der Waals surface area contributed by atoms with Crippen LogP contribution in [0.15, 0.2) is 60.7 Å². The van der Waals surface area contributed by atoms with Crippen molar-refractivity contribution in [1.82, 2.24) is 10.2 Å². The van der Waals surface area contributed by atoms with Gasteiger partial charge in [-0.15, -0.1) is 0 Å². The molecule has 0 spiro atoms. The Labute approximate surface area is 149 Å². The summed E-state index contributed by atoms with van der Waals surface area (Å²) < 4.78 is 0. The number of likely N-dealkylation sites (tertiary alicyclic amines) is 1. The fraction of sp³-hybridized carbons (Fsp3) is 0.381. The molecule has 4 nitrogen and oxygen atoms in total. The molecule has 0 radical (unpaired) electrons. The van der Waals surface area contributed by atoms with Crippen molar-refractivity contribution in [3.8, 4) is 0 Å². The number of rotatable bonds is 5. The van der Waals surface area contributed by atoms with Crippen LogP contribution in [0.25, 0.3) is 0 Å². The van der Waals surface area contributed by atoms with E-state index in [1.807, 2.05) is 48.5 Å². The second-order valence-electron chi connectivity index (χ2n) is 6.86. The van der Waals surface area contributed by atoms with Crippen molar-refractivity contribution in [1.29, 1.82) is 0 Å². The van der Waals surface area contributed by atoms with Gasteiger partial charge in [0, 0.05) is 26.6 Å². The molecular formula is C21H26N2O2. The molecule has 0 aliphatic carbocycles. The largest absolute Gasteiger partial charge is 0.387 e. The monoisotopic (exact) mass is 338 g/mol. The Balaban J connectivity index is 1.67. The first-order valence-corrected chi connectivity index (χ1v) is 8.89. The highest BCUT2D eigenvalue weighted by atomic mass is 16.3. The van der Waals surface area contributed by atoms with Crippen LogP contribution in [0.5, 0.6) is 0 Å². The molecule has 1 fully saturated rings. The Hall–Kier alpha value is -2.17. The van der Waals surface area contributed by atoms with E-state index in [1.54, 1.807) is 6.92 Å². The molecule has 1 aliphatic rings. The van der Waals surface area contributed by atoms with Gasteiger partial charge >= 0.3 is 0 Å². The van der Waals surface area contributed by atoms with Gasteiger partial charge < -0.3 is 15.3 Å². The zero-order chi connectivity index (χ0) is 17.7. The Morgan fingerprint density at radius 1 is 1.08 bits per heavy atom. The van der Waals surface area contributed by atoms with Gasteiger partial charge in [0.1, 0.15) is 0 Å². The maximum absolute atomic E-state index is 11.8. The van der Waals surface area contributed by atoms with E-state index in [2.05, 4.69) is 22.3 Å². The third-order valence-corrected chi connectivity index (χ3v) is 5.07. The molecule has 0 bridgehead atoms. The molecule has 2 aromatic carbocycles. The highest BCUT2D eigenvalue weighted by Crippen LogP contribution is 2.33. The van der Waals surface area contributed by atoms with Gasteiger partial charge in [0.2, 0.25) is 5.91 Å². The van der Waals surface area contributed by atoms with E-state index in [0.717, 1.165) is 37.1 Å². The molecule has 1 saturated heterocycles. The summed E-state index contributed by atoms with van der Waals surface area (Å²) in [5.41, 5.74) is 1.80. The van der Waals surface area contributed by atoms with Crippen LogP contribution >= 0.6 is 0 Å². The summed E-state index contributed by atoms with van der Waals surface area (Å²) in [6, 6.07) is 20.0. The Kier molecular flexibility index (Phi) is 5.51. The van der Waals surface area contributed by atoms with Crippen LogP contribution in [-0.2, 0) is 10.3 Å². The Bertz CT molecular complexity index is 680. The van der Waals surface area contributed by atoms with Crippen molar-refractivity contribution in [2.24, 2.45) is 0 Å². The van der Waals surface area contributed by atoms with Gasteiger partial charge in [-0.1, -0.05) is 60.7 Å². The quantitative estimate of drug-likeness (QED) is 0.881. The van der Waals surface area contributed by atoms with Crippen LogP contribution in [0.1, 0.15) is 37.0 Å². The number of aliphatic hydroxyl groups is 1. The lowest BCUT2D eigenvalue weighted by Crippen LogP contribution is -2.53. The summed E-state index contributed by atoms with van der Waals surface area (Å²) >= 11 is 0.